The van der Waals surface area contributed by atoms with E-state index in [1.807, 2.05) is 4.57 Å². The van der Waals surface area contributed by atoms with Gasteiger partial charge in [-0.2, -0.15) is 0 Å². The van der Waals surface area contributed by atoms with Crippen molar-refractivity contribution in [1.82, 2.24) is 30.3 Å². The van der Waals surface area contributed by atoms with Gasteiger partial charge < -0.3 is 20.1 Å². The minimum atomic E-state index is 0.553. The second-order valence-corrected chi connectivity index (χ2v) is 8.39. The third-order valence-electron chi connectivity index (χ3n) is 6.07. The van der Waals surface area contributed by atoms with E-state index in [1.54, 1.807) is 12.7 Å². The van der Waals surface area contributed by atoms with E-state index in [-0.39, 0.29) is 0 Å². The van der Waals surface area contributed by atoms with Crippen LogP contribution in [0.1, 0.15) is 64.7 Å². The Bertz CT molecular complexity index is 543. The maximum Gasteiger partial charge on any atom is 0.191 e. The van der Waals surface area contributed by atoms with Gasteiger partial charge in [-0.05, 0) is 51.4 Å². The quantitative estimate of drug-likeness (QED) is 0.386. The zero-order valence-electron chi connectivity index (χ0n) is 17.7. The van der Waals surface area contributed by atoms with E-state index in [0.717, 1.165) is 44.4 Å². The Kier molecular flexibility index (Phi) is 9.07. The SMILES string of the molecule is CCNC(=NCCCCn1cnnc1)NC1CCN(CC2CCCCC2)CC1. The van der Waals surface area contributed by atoms with Crippen molar-refractivity contribution < 1.29 is 0 Å². The summed E-state index contributed by atoms with van der Waals surface area (Å²) in [6, 6.07) is 0.553. The van der Waals surface area contributed by atoms with E-state index in [1.165, 1.54) is 64.6 Å². The molecule has 0 bridgehead atoms. The average Bonchev–Trinajstić information content (AvgIpc) is 3.24. The molecule has 158 valence electrons. The number of piperidine rings is 1. The van der Waals surface area contributed by atoms with Crippen molar-refractivity contribution in [2.75, 3.05) is 32.7 Å². The fourth-order valence-corrected chi connectivity index (χ4v) is 4.44. The van der Waals surface area contributed by atoms with Crippen LogP contribution in [-0.2, 0) is 6.54 Å². The zero-order valence-corrected chi connectivity index (χ0v) is 17.7. The van der Waals surface area contributed by atoms with Gasteiger partial charge in [0.2, 0.25) is 0 Å². The summed E-state index contributed by atoms with van der Waals surface area (Å²) in [6.07, 6.45) is 15.4. The van der Waals surface area contributed by atoms with E-state index < -0.39 is 0 Å². The number of hydrogen-bond donors (Lipinski definition) is 2. The summed E-state index contributed by atoms with van der Waals surface area (Å²) in [4.78, 5) is 7.48. The van der Waals surface area contributed by atoms with Crippen LogP contribution >= 0.6 is 0 Å². The molecule has 2 aliphatic rings. The highest BCUT2D eigenvalue weighted by molar-refractivity contribution is 5.80. The molecule has 3 rings (SSSR count). The Hall–Kier alpha value is -1.63. The molecule has 0 radical (unpaired) electrons. The highest BCUT2D eigenvalue weighted by Gasteiger charge is 2.23. The number of hydrogen-bond acceptors (Lipinski definition) is 4. The lowest BCUT2D eigenvalue weighted by Gasteiger charge is -2.36. The van der Waals surface area contributed by atoms with Crippen LogP contribution < -0.4 is 10.6 Å². The van der Waals surface area contributed by atoms with Crippen LogP contribution in [0.25, 0.3) is 0 Å². The Morgan fingerprint density at radius 3 is 2.50 bits per heavy atom. The Morgan fingerprint density at radius 1 is 1.04 bits per heavy atom. The summed E-state index contributed by atoms with van der Waals surface area (Å²) in [5, 5.41) is 14.8. The van der Waals surface area contributed by atoms with E-state index in [2.05, 4.69) is 32.7 Å². The van der Waals surface area contributed by atoms with Crippen molar-refractivity contribution in [1.29, 1.82) is 0 Å². The van der Waals surface area contributed by atoms with Gasteiger partial charge in [-0.3, -0.25) is 4.99 Å². The lowest BCUT2D eigenvalue weighted by molar-refractivity contribution is 0.160. The van der Waals surface area contributed by atoms with Crippen LogP contribution in [0.15, 0.2) is 17.6 Å². The second-order valence-electron chi connectivity index (χ2n) is 8.39. The van der Waals surface area contributed by atoms with Crippen molar-refractivity contribution in [2.24, 2.45) is 10.9 Å². The number of aromatic nitrogens is 3. The molecule has 0 amide bonds. The minimum Gasteiger partial charge on any atom is -0.357 e. The number of unbranched alkanes of at least 4 members (excludes halogenated alkanes) is 1. The molecule has 1 aromatic heterocycles. The number of rotatable bonds is 9. The maximum atomic E-state index is 4.78. The molecule has 1 aliphatic carbocycles. The monoisotopic (exact) mass is 389 g/mol. The molecule has 0 unspecified atom stereocenters. The normalized spacial score (nSPS) is 20.4. The zero-order chi connectivity index (χ0) is 19.4. The number of aliphatic imine (C=N–C) groups is 1. The molecule has 2 heterocycles. The molecule has 2 fully saturated rings. The number of likely N-dealkylation sites (tertiary alicyclic amines) is 1. The van der Waals surface area contributed by atoms with Crippen molar-refractivity contribution in [3.8, 4) is 0 Å². The minimum absolute atomic E-state index is 0.553. The summed E-state index contributed by atoms with van der Waals surface area (Å²) in [7, 11) is 0. The smallest absolute Gasteiger partial charge is 0.191 e. The van der Waals surface area contributed by atoms with Crippen molar-refractivity contribution >= 4 is 5.96 Å². The van der Waals surface area contributed by atoms with Crippen LogP contribution in [0.3, 0.4) is 0 Å². The van der Waals surface area contributed by atoms with E-state index in [4.69, 9.17) is 4.99 Å². The van der Waals surface area contributed by atoms with Crippen molar-refractivity contribution in [3.63, 3.8) is 0 Å². The van der Waals surface area contributed by atoms with E-state index in [0.29, 0.717) is 6.04 Å². The van der Waals surface area contributed by atoms with Gasteiger partial charge in [0.15, 0.2) is 5.96 Å². The first kappa shape index (κ1) is 21.1. The molecule has 0 spiro atoms. The second kappa shape index (κ2) is 12.0. The molecule has 1 saturated carbocycles. The first-order valence-electron chi connectivity index (χ1n) is 11.4. The van der Waals surface area contributed by atoms with Crippen LogP contribution in [0, 0.1) is 5.92 Å². The van der Waals surface area contributed by atoms with Crippen LogP contribution in [-0.4, -0.2) is 64.4 Å². The molecule has 7 nitrogen and oxygen atoms in total. The van der Waals surface area contributed by atoms with Gasteiger partial charge in [-0.15, -0.1) is 10.2 Å². The molecular formula is C21H39N7. The molecule has 1 saturated heterocycles. The standard InChI is InChI=1S/C21H39N7/c1-2-22-21(23-12-6-7-13-28-17-24-25-18-28)26-20-10-14-27(15-11-20)16-19-8-4-3-5-9-19/h17-20H,2-16H2,1H3,(H2,22,23,26). The average molecular weight is 390 g/mol. The van der Waals surface area contributed by atoms with Gasteiger partial charge in [0.1, 0.15) is 12.7 Å². The summed E-state index contributed by atoms with van der Waals surface area (Å²) in [6.45, 7) is 8.65. The van der Waals surface area contributed by atoms with Gasteiger partial charge >= 0.3 is 0 Å². The number of aryl methyl sites for hydroxylation is 1. The Balaban J connectivity index is 1.33. The summed E-state index contributed by atoms with van der Waals surface area (Å²) >= 11 is 0. The Morgan fingerprint density at radius 2 is 1.79 bits per heavy atom. The number of guanidine groups is 1. The Labute approximate surface area is 170 Å². The highest BCUT2D eigenvalue weighted by atomic mass is 15.2. The fourth-order valence-electron chi connectivity index (χ4n) is 4.44. The largest absolute Gasteiger partial charge is 0.357 e. The molecular weight excluding hydrogens is 350 g/mol. The molecule has 1 aromatic rings. The maximum absolute atomic E-state index is 4.78. The third-order valence-corrected chi connectivity index (χ3v) is 6.07. The van der Waals surface area contributed by atoms with Crippen molar-refractivity contribution in [2.45, 2.75) is 77.3 Å². The van der Waals surface area contributed by atoms with E-state index in [9.17, 15) is 0 Å². The summed E-state index contributed by atoms with van der Waals surface area (Å²) in [5.41, 5.74) is 0. The first-order valence-corrected chi connectivity index (χ1v) is 11.4. The predicted octanol–water partition coefficient (Wildman–Crippen LogP) is 2.66. The summed E-state index contributed by atoms with van der Waals surface area (Å²) in [5.74, 6) is 1.94. The topological polar surface area (TPSA) is 70.4 Å². The van der Waals surface area contributed by atoms with Crippen LogP contribution in [0.5, 0.6) is 0 Å². The molecule has 1 aliphatic heterocycles. The molecule has 2 N–H and O–H groups in total. The highest BCUT2D eigenvalue weighted by Crippen LogP contribution is 2.25. The van der Waals surface area contributed by atoms with Crippen LogP contribution in [0.2, 0.25) is 0 Å². The molecule has 7 heteroatoms. The van der Waals surface area contributed by atoms with Gasteiger partial charge in [0, 0.05) is 45.3 Å². The fraction of sp³-hybridized carbons (Fsp3) is 0.857. The lowest BCUT2D eigenvalue weighted by Crippen LogP contribution is -2.49. The van der Waals surface area contributed by atoms with Gasteiger partial charge in [-0.1, -0.05) is 19.3 Å². The van der Waals surface area contributed by atoms with Gasteiger partial charge in [0.05, 0.1) is 0 Å². The summed E-state index contributed by atoms with van der Waals surface area (Å²) < 4.78 is 2.02. The molecule has 0 aromatic carbocycles. The van der Waals surface area contributed by atoms with Gasteiger partial charge in [0.25, 0.3) is 0 Å². The van der Waals surface area contributed by atoms with E-state index >= 15 is 0 Å². The lowest BCUT2D eigenvalue weighted by atomic mass is 9.88. The predicted molar refractivity (Wildman–Crippen MR) is 114 cm³/mol. The number of nitrogens with zero attached hydrogens (tertiary/aromatic N) is 5. The van der Waals surface area contributed by atoms with Crippen molar-refractivity contribution in [3.05, 3.63) is 12.7 Å². The first-order chi connectivity index (χ1) is 13.8. The number of nitrogens with one attached hydrogen (secondary N) is 2. The molecule has 28 heavy (non-hydrogen) atoms. The molecule has 0 atom stereocenters. The third kappa shape index (κ3) is 7.41. The van der Waals surface area contributed by atoms with Crippen LogP contribution in [0.4, 0.5) is 0 Å². The van der Waals surface area contributed by atoms with Gasteiger partial charge in [-0.25, -0.2) is 0 Å².